The molecule has 1 aromatic heterocycles. The van der Waals surface area contributed by atoms with Crippen molar-refractivity contribution in [2.75, 3.05) is 0 Å². The molecule has 1 rings (SSSR count). The SMILES string of the molecule is CCCc1[nH]n(CC)c(=O)c1CC. The lowest BCUT2D eigenvalue weighted by Gasteiger charge is -1.96. The van der Waals surface area contributed by atoms with Crippen LogP contribution in [0.1, 0.15) is 38.4 Å². The highest BCUT2D eigenvalue weighted by molar-refractivity contribution is 5.17. The summed E-state index contributed by atoms with van der Waals surface area (Å²) in [5.41, 5.74) is 2.24. The highest BCUT2D eigenvalue weighted by Gasteiger charge is 2.09. The molecule has 13 heavy (non-hydrogen) atoms. The predicted octanol–water partition coefficient (Wildman–Crippen LogP) is 1.71. The van der Waals surface area contributed by atoms with Crippen LogP contribution in [0.15, 0.2) is 4.79 Å². The van der Waals surface area contributed by atoms with Crippen LogP contribution in [0.5, 0.6) is 0 Å². The van der Waals surface area contributed by atoms with Gasteiger partial charge in [-0.15, -0.1) is 0 Å². The summed E-state index contributed by atoms with van der Waals surface area (Å²) in [6.07, 6.45) is 2.89. The van der Waals surface area contributed by atoms with E-state index >= 15 is 0 Å². The summed E-state index contributed by atoms with van der Waals surface area (Å²) in [5, 5.41) is 3.16. The van der Waals surface area contributed by atoms with E-state index in [-0.39, 0.29) is 5.56 Å². The van der Waals surface area contributed by atoms with Crippen molar-refractivity contribution in [3.8, 4) is 0 Å². The first kappa shape index (κ1) is 10.1. The van der Waals surface area contributed by atoms with Gasteiger partial charge in [0.15, 0.2) is 0 Å². The van der Waals surface area contributed by atoms with E-state index in [1.807, 2.05) is 13.8 Å². The molecule has 1 aromatic rings. The largest absolute Gasteiger partial charge is 0.299 e. The Morgan fingerprint density at radius 3 is 2.46 bits per heavy atom. The maximum atomic E-state index is 11.7. The van der Waals surface area contributed by atoms with Crippen molar-refractivity contribution in [2.45, 2.75) is 46.6 Å². The summed E-state index contributed by atoms with van der Waals surface area (Å²) in [6.45, 7) is 6.87. The summed E-state index contributed by atoms with van der Waals surface area (Å²) < 4.78 is 1.68. The van der Waals surface area contributed by atoms with Crippen LogP contribution in [-0.4, -0.2) is 9.78 Å². The smallest absolute Gasteiger partial charge is 0.269 e. The van der Waals surface area contributed by atoms with Gasteiger partial charge in [0.05, 0.1) is 0 Å². The van der Waals surface area contributed by atoms with Crippen molar-refractivity contribution in [1.29, 1.82) is 0 Å². The molecule has 0 aliphatic rings. The van der Waals surface area contributed by atoms with Gasteiger partial charge in [-0.1, -0.05) is 20.3 Å². The van der Waals surface area contributed by atoms with Crippen LogP contribution < -0.4 is 5.56 Å². The Morgan fingerprint density at radius 1 is 1.31 bits per heavy atom. The van der Waals surface area contributed by atoms with Crippen molar-refractivity contribution < 1.29 is 0 Å². The lowest BCUT2D eigenvalue weighted by Crippen LogP contribution is -2.17. The van der Waals surface area contributed by atoms with Crippen molar-refractivity contribution in [2.24, 2.45) is 0 Å². The van der Waals surface area contributed by atoms with Crippen molar-refractivity contribution in [3.05, 3.63) is 21.6 Å². The average Bonchev–Trinajstić information content (AvgIpc) is 2.43. The highest BCUT2D eigenvalue weighted by atomic mass is 16.1. The molecule has 1 N–H and O–H groups in total. The minimum Gasteiger partial charge on any atom is -0.299 e. The number of hydrogen-bond acceptors (Lipinski definition) is 1. The first-order valence-electron chi connectivity index (χ1n) is 5.05. The van der Waals surface area contributed by atoms with Crippen LogP contribution in [0.3, 0.4) is 0 Å². The second-order valence-corrected chi connectivity index (χ2v) is 3.22. The molecule has 3 nitrogen and oxygen atoms in total. The van der Waals surface area contributed by atoms with Gasteiger partial charge in [-0.25, -0.2) is 0 Å². The number of H-pyrrole nitrogens is 1. The Bertz CT molecular complexity index is 322. The van der Waals surface area contributed by atoms with Crippen LogP contribution in [0.25, 0.3) is 0 Å². The Kier molecular flexibility index (Phi) is 3.34. The predicted molar refractivity (Wildman–Crippen MR) is 54.1 cm³/mol. The van der Waals surface area contributed by atoms with Gasteiger partial charge in [0.2, 0.25) is 0 Å². The number of nitrogens with one attached hydrogen (secondary N) is 1. The lowest BCUT2D eigenvalue weighted by atomic mass is 10.1. The van der Waals surface area contributed by atoms with Gasteiger partial charge >= 0.3 is 0 Å². The maximum Gasteiger partial charge on any atom is 0.269 e. The van der Waals surface area contributed by atoms with Gasteiger partial charge in [-0.05, 0) is 19.8 Å². The molecule has 0 atom stereocenters. The van der Waals surface area contributed by atoms with E-state index in [1.54, 1.807) is 4.68 Å². The molecular formula is C10H18N2O. The van der Waals surface area contributed by atoms with Gasteiger partial charge in [-0.2, -0.15) is 0 Å². The van der Waals surface area contributed by atoms with E-state index in [4.69, 9.17) is 0 Å². The third kappa shape index (κ3) is 1.85. The molecule has 0 fully saturated rings. The summed E-state index contributed by atoms with van der Waals surface area (Å²) >= 11 is 0. The molecule has 0 unspecified atom stereocenters. The van der Waals surface area contributed by atoms with Crippen LogP contribution in [0, 0.1) is 0 Å². The first-order valence-corrected chi connectivity index (χ1v) is 5.05. The van der Waals surface area contributed by atoms with Crippen LogP contribution in [-0.2, 0) is 19.4 Å². The fraction of sp³-hybridized carbons (Fsp3) is 0.700. The molecule has 74 valence electrons. The van der Waals surface area contributed by atoms with Gasteiger partial charge in [-0.3, -0.25) is 14.6 Å². The van der Waals surface area contributed by atoms with E-state index in [2.05, 4.69) is 12.0 Å². The van der Waals surface area contributed by atoms with Gasteiger partial charge in [0.25, 0.3) is 5.56 Å². The van der Waals surface area contributed by atoms with Crippen LogP contribution in [0.4, 0.5) is 0 Å². The van der Waals surface area contributed by atoms with Crippen molar-refractivity contribution >= 4 is 0 Å². The molecule has 0 spiro atoms. The van der Waals surface area contributed by atoms with Crippen LogP contribution in [0.2, 0.25) is 0 Å². The Morgan fingerprint density at radius 2 is 2.00 bits per heavy atom. The maximum absolute atomic E-state index is 11.7. The van der Waals surface area contributed by atoms with Crippen molar-refractivity contribution in [3.63, 3.8) is 0 Å². The molecule has 1 heterocycles. The number of aromatic amines is 1. The number of aryl methyl sites for hydroxylation is 2. The number of rotatable bonds is 4. The summed E-state index contributed by atoms with van der Waals surface area (Å²) in [4.78, 5) is 11.7. The average molecular weight is 182 g/mol. The molecule has 0 saturated heterocycles. The molecule has 0 amide bonds. The quantitative estimate of drug-likeness (QED) is 0.756. The van der Waals surface area contributed by atoms with Crippen LogP contribution >= 0.6 is 0 Å². The van der Waals surface area contributed by atoms with E-state index in [0.717, 1.165) is 37.1 Å². The molecule has 0 radical (unpaired) electrons. The zero-order valence-electron chi connectivity index (χ0n) is 8.68. The third-order valence-electron chi connectivity index (χ3n) is 2.31. The monoisotopic (exact) mass is 182 g/mol. The first-order chi connectivity index (χ1) is 6.24. The molecule has 0 bridgehead atoms. The summed E-state index contributed by atoms with van der Waals surface area (Å²) in [5.74, 6) is 0. The van der Waals surface area contributed by atoms with Crippen molar-refractivity contribution in [1.82, 2.24) is 9.78 Å². The lowest BCUT2D eigenvalue weighted by molar-refractivity contribution is 0.625. The second-order valence-electron chi connectivity index (χ2n) is 3.22. The number of aromatic nitrogens is 2. The number of nitrogens with zero attached hydrogens (tertiary/aromatic N) is 1. The van der Waals surface area contributed by atoms with E-state index in [0.29, 0.717) is 0 Å². The fourth-order valence-corrected chi connectivity index (χ4v) is 1.62. The molecule has 0 aliphatic heterocycles. The van der Waals surface area contributed by atoms with E-state index in [9.17, 15) is 4.79 Å². The third-order valence-corrected chi connectivity index (χ3v) is 2.31. The minimum atomic E-state index is 0.161. The zero-order chi connectivity index (χ0) is 9.84. The molecule has 0 aliphatic carbocycles. The Balaban J connectivity index is 3.12. The standard InChI is InChI=1S/C10H18N2O/c1-4-7-9-8(5-2)10(13)12(6-3)11-9/h11H,4-7H2,1-3H3. The molecular weight excluding hydrogens is 164 g/mol. The zero-order valence-corrected chi connectivity index (χ0v) is 8.68. The Labute approximate surface area is 78.8 Å². The normalized spacial score (nSPS) is 10.7. The van der Waals surface area contributed by atoms with Gasteiger partial charge < -0.3 is 0 Å². The molecule has 0 saturated carbocycles. The minimum absolute atomic E-state index is 0.161. The highest BCUT2D eigenvalue weighted by Crippen LogP contribution is 2.04. The fourth-order valence-electron chi connectivity index (χ4n) is 1.62. The van der Waals surface area contributed by atoms with E-state index in [1.165, 1.54) is 0 Å². The van der Waals surface area contributed by atoms with Gasteiger partial charge in [0.1, 0.15) is 0 Å². The molecule has 0 aromatic carbocycles. The summed E-state index contributed by atoms with van der Waals surface area (Å²) in [6, 6.07) is 0. The molecule has 3 heteroatoms. The van der Waals surface area contributed by atoms with Gasteiger partial charge in [0, 0.05) is 17.8 Å². The van der Waals surface area contributed by atoms with E-state index < -0.39 is 0 Å². The number of hydrogen-bond donors (Lipinski definition) is 1. The second kappa shape index (κ2) is 4.30. The summed E-state index contributed by atoms with van der Waals surface area (Å²) in [7, 11) is 0. The Hall–Kier alpha value is -0.990. The topological polar surface area (TPSA) is 37.8 Å².